The first-order valence-electron chi connectivity index (χ1n) is 11.0. The third-order valence-electron chi connectivity index (χ3n) is 5.16. The quantitative estimate of drug-likeness (QED) is 0.326. The third kappa shape index (κ3) is 6.56. The van der Waals surface area contributed by atoms with Crippen molar-refractivity contribution < 1.29 is 23.0 Å². The summed E-state index contributed by atoms with van der Waals surface area (Å²) in [6, 6.07) is 5.55. The van der Waals surface area contributed by atoms with Gasteiger partial charge in [0.15, 0.2) is 17.5 Å². The van der Waals surface area contributed by atoms with Crippen molar-refractivity contribution >= 4 is 11.6 Å². The molecule has 1 saturated carbocycles. The minimum Gasteiger partial charge on any atom is -0.490 e. The van der Waals surface area contributed by atoms with Gasteiger partial charge < -0.3 is 24.8 Å². The van der Waals surface area contributed by atoms with Gasteiger partial charge in [0.05, 0.1) is 13.2 Å². The molecule has 2 N–H and O–H groups in total. The SMILES string of the molecule is FC(F)n1ccnc1CN=C(NCCCOCC1CC1)Nc1ccc2c(c1)OCCCO2. The largest absolute Gasteiger partial charge is 0.490 e. The van der Waals surface area contributed by atoms with Crippen LogP contribution in [0.5, 0.6) is 11.5 Å². The lowest BCUT2D eigenvalue weighted by Gasteiger charge is -2.15. The van der Waals surface area contributed by atoms with Crippen LogP contribution in [0.2, 0.25) is 0 Å². The van der Waals surface area contributed by atoms with Gasteiger partial charge in [0.1, 0.15) is 12.4 Å². The Kier molecular flexibility index (Phi) is 7.76. The second-order valence-electron chi connectivity index (χ2n) is 7.83. The molecule has 10 heteroatoms. The number of rotatable bonds is 10. The number of nitrogens with one attached hydrogen (secondary N) is 2. The molecule has 0 amide bonds. The van der Waals surface area contributed by atoms with Crippen LogP contribution < -0.4 is 20.1 Å². The summed E-state index contributed by atoms with van der Waals surface area (Å²) in [6.07, 6.45) is 6.76. The molecule has 1 aliphatic carbocycles. The number of benzene rings is 1. The molecule has 2 aliphatic rings. The fourth-order valence-corrected chi connectivity index (χ4v) is 3.23. The molecule has 0 atom stereocenters. The Morgan fingerprint density at radius 1 is 1.25 bits per heavy atom. The van der Waals surface area contributed by atoms with Gasteiger partial charge in [0, 0.05) is 50.3 Å². The highest BCUT2D eigenvalue weighted by Gasteiger charge is 2.20. The molecular formula is C22H29F2N5O3. The van der Waals surface area contributed by atoms with Gasteiger partial charge in [-0.2, -0.15) is 8.78 Å². The van der Waals surface area contributed by atoms with Crippen molar-refractivity contribution in [3.05, 3.63) is 36.4 Å². The molecule has 1 aromatic carbocycles. The molecule has 0 radical (unpaired) electrons. The fraction of sp³-hybridized carbons (Fsp3) is 0.545. The highest BCUT2D eigenvalue weighted by atomic mass is 19.3. The van der Waals surface area contributed by atoms with Gasteiger partial charge in [-0.05, 0) is 37.3 Å². The summed E-state index contributed by atoms with van der Waals surface area (Å²) in [6.45, 7) is 0.682. The lowest BCUT2D eigenvalue weighted by molar-refractivity contribution is 0.0671. The molecule has 2 aromatic rings. The van der Waals surface area contributed by atoms with E-state index in [2.05, 4.69) is 20.6 Å². The van der Waals surface area contributed by atoms with Gasteiger partial charge in [-0.1, -0.05) is 0 Å². The van der Waals surface area contributed by atoms with Gasteiger partial charge >= 0.3 is 6.55 Å². The number of nitrogens with zero attached hydrogens (tertiary/aromatic N) is 3. The Bertz CT molecular complexity index is 901. The molecule has 0 spiro atoms. The number of hydrogen-bond acceptors (Lipinski definition) is 5. The zero-order valence-electron chi connectivity index (χ0n) is 17.9. The minimum atomic E-state index is -2.66. The van der Waals surface area contributed by atoms with Crippen molar-refractivity contribution in [3.8, 4) is 11.5 Å². The number of ether oxygens (including phenoxy) is 3. The Morgan fingerprint density at radius 3 is 2.91 bits per heavy atom. The summed E-state index contributed by atoms with van der Waals surface area (Å²) in [7, 11) is 0. The summed E-state index contributed by atoms with van der Waals surface area (Å²) in [5.74, 6) is 2.75. The predicted octanol–water partition coefficient (Wildman–Crippen LogP) is 3.81. The van der Waals surface area contributed by atoms with E-state index in [1.165, 1.54) is 25.2 Å². The lowest BCUT2D eigenvalue weighted by Crippen LogP contribution is -2.32. The van der Waals surface area contributed by atoms with Gasteiger partial charge in [-0.25, -0.2) is 9.98 Å². The maximum absolute atomic E-state index is 13.1. The number of imidazole rings is 1. The molecular weight excluding hydrogens is 420 g/mol. The van der Waals surface area contributed by atoms with E-state index in [0.29, 0.717) is 43.8 Å². The van der Waals surface area contributed by atoms with Crippen LogP contribution in [0.3, 0.4) is 0 Å². The molecule has 174 valence electrons. The first-order valence-corrected chi connectivity index (χ1v) is 11.0. The van der Waals surface area contributed by atoms with Crippen LogP contribution in [-0.2, 0) is 11.3 Å². The first kappa shape index (κ1) is 22.3. The number of guanidine groups is 1. The van der Waals surface area contributed by atoms with E-state index >= 15 is 0 Å². The summed E-state index contributed by atoms with van der Waals surface area (Å²) in [5, 5.41) is 6.46. The van der Waals surface area contributed by atoms with Crippen LogP contribution in [0.15, 0.2) is 35.6 Å². The van der Waals surface area contributed by atoms with Crippen LogP contribution >= 0.6 is 0 Å². The summed E-state index contributed by atoms with van der Waals surface area (Å²) < 4.78 is 44.1. The molecule has 1 aliphatic heterocycles. The monoisotopic (exact) mass is 449 g/mol. The molecule has 32 heavy (non-hydrogen) atoms. The van der Waals surface area contributed by atoms with E-state index in [1.807, 2.05) is 18.2 Å². The summed E-state index contributed by atoms with van der Waals surface area (Å²) >= 11 is 0. The van der Waals surface area contributed by atoms with E-state index in [0.717, 1.165) is 35.6 Å². The first-order chi connectivity index (χ1) is 15.7. The molecule has 2 heterocycles. The Morgan fingerprint density at radius 2 is 2.09 bits per heavy atom. The number of hydrogen-bond donors (Lipinski definition) is 2. The standard InChI is InChI=1S/C22H29F2N5O3/c23-21(24)29-9-8-25-20(29)14-27-22(26-7-1-10-30-15-16-3-4-16)28-17-5-6-18-19(13-17)32-12-2-11-31-18/h5-6,8-9,13,16,21H,1-4,7,10-12,14-15H2,(H2,26,27,28). The number of anilines is 1. The van der Waals surface area contributed by atoms with Gasteiger partial charge in [0.2, 0.25) is 0 Å². The van der Waals surface area contributed by atoms with Crippen molar-refractivity contribution in [2.45, 2.75) is 38.8 Å². The summed E-state index contributed by atoms with van der Waals surface area (Å²) in [4.78, 5) is 8.45. The maximum Gasteiger partial charge on any atom is 0.319 e. The molecule has 8 nitrogen and oxygen atoms in total. The van der Waals surface area contributed by atoms with Crippen LogP contribution in [-0.4, -0.2) is 48.5 Å². The van der Waals surface area contributed by atoms with Gasteiger partial charge in [0.25, 0.3) is 0 Å². The highest BCUT2D eigenvalue weighted by molar-refractivity contribution is 5.93. The Hall–Kier alpha value is -2.88. The molecule has 1 aromatic heterocycles. The van der Waals surface area contributed by atoms with Crippen molar-refractivity contribution in [1.29, 1.82) is 0 Å². The zero-order valence-corrected chi connectivity index (χ0v) is 17.9. The predicted molar refractivity (Wildman–Crippen MR) is 116 cm³/mol. The fourth-order valence-electron chi connectivity index (χ4n) is 3.23. The Labute approximate surface area is 186 Å². The Balaban J connectivity index is 1.39. The van der Waals surface area contributed by atoms with Gasteiger partial charge in [-0.3, -0.25) is 4.57 Å². The van der Waals surface area contributed by atoms with E-state index in [1.54, 1.807) is 0 Å². The van der Waals surface area contributed by atoms with Gasteiger partial charge in [-0.15, -0.1) is 0 Å². The number of aliphatic imine (C=N–C) groups is 1. The topological polar surface area (TPSA) is 81.9 Å². The minimum absolute atomic E-state index is 0.00933. The average Bonchev–Trinajstić information content (AvgIpc) is 3.54. The van der Waals surface area contributed by atoms with Crippen LogP contribution in [0.1, 0.15) is 38.1 Å². The number of fused-ring (bicyclic) bond motifs is 1. The van der Waals surface area contributed by atoms with Crippen LogP contribution in [0.25, 0.3) is 0 Å². The van der Waals surface area contributed by atoms with Crippen LogP contribution in [0, 0.1) is 5.92 Å². The molecule has 0 bridgehead atoms. The lowest BCUT2D eigenvalue weighted by atomic mass is 10.2. The number of halogens is 2. The third-order valence-corrected chi connectivity index (χ3v) is 5.16. The van der Waals surface area contributed by atoms with Crippen molar-refractivity contribution in [3.63, 3.8) is 0 Å². The van der Waals surface area contributed by atoms with Crippen molar-refractivity contribution in [2.75, 3.05) is 38.3 Å². The van der Waals surface area contributed by atoms with E-state index in [-0.39, 0.29) is 12.4 Å². The number of alkyl halides is 2. The van der Waals surface area contributed by atoms with E-state index in [4.69, 9.17) is 14.2 Å². The second kappa shape index (κ2) is 11.1. The van der Waals surface area contributed by atoms with Crippen LogP contribution in [0.4, 0.5) is 14.5 Å². The summed E-state index contributed by atoms with van der Waals surface area (Å²) in [5.41, 5.74) is 0.752. The highest BCUT2D eigenvalue weighted by Crippen LogP contribution is 2.32. The van der Waals surface area contributed by atoms with E-state index < -0.39 is 6.55 Å². The second-order valence-corrected chi connectivity index (χ2v) is 7.83. The normalized spacial score (nSPS) is 16.2. The number of aromatic nitrogens is 2. The van der Waals surface area contributed by atoms with Crippen molar-refractivity contribution in [2.24, 2.45) is 10.9 Å². The average molecular weight is 450 g/mol. The molecule has 0 unspecified atom stereocenters. The van der Waals surface area contributed by atoms with E-state index in [9.17, 15) is 8.78 Å². The smallest absolute Gasteiger partial charge is 0.319 e. The molecule has 0 saturated heterocycles. The van der Waals surface area contributed by atoms with Crippen molar-refractivity contribution in [1.82, 2.24) is 14.9 Å². The molecule has 1 fully saturated rings. The zero-order chi connectivity index (χ0) is 22.2. The molecule has 4 rings (SSSR count). The maximum atomic E-state index is 13.1.